The molecule has 0 aliphatic carbocycles. The van der Waals surface area contributed by atoms with Gasteiger partial charge in [0.25, 0.3) is 0 Å². The van der Waals surface area contributed by atoms with E-state index in [4.69, 9.17) is 10.8 Å². The van der Waals surface area contributed by atoms with Crippen LogP contribution in [0.15, 0.2) is 36.4 Å². The third-order valence-corrected chi connectivity index (χ3v) is 5.91. The minimum Gasteiger partial charge on any atom is -0.352 e. The summed E-state index contributed by atoms with van der Waals surface area (Å²) in [5.74, 6) is 0.890. The van der Waals surface area contributed by atoms with E-state index in [1.807, 2.05) is 4.90 Å². The van der Waals surface area contributed by atoms with Crippen LogP contribution in [0.4, 0.5) is 5.82 Å². The number of nitrogens with zero attached hydrogens (tertiary/aromatic N) is 5. The summed E-state index contributed by atoms with van der Waals surface area (Å²) in [6.07, 6.45) is 4.06. The zero-order valence-electron chi connectivity index (χ0n) is 17.3. The Bertz CT molecular complexity index is 939. The first kappa shape index (κ1) is 20.3. The molecule has 2 N–H and O–H groups in total. The van der Waals surface area contributed by atoms with Crippen LogP contribution in [0.5, 0.6) is 0 Å². The van der Waals surface area contributed by atoms with Crippen molar-refractivity contribution in [3.8, 4) is 0 Å². The average molecular weight is 408 g/mol. The molecule has 0 radical (unpaired) electrons. The average Bonchev–Trinajstić information content (AvgIpc) is 3.29. The number of hydrogen-bond donors (Lipinski definition) is 2. The van der Waals surface area contributed by atoms with E-state index in [9.17, 15) is 4.79 Å². The number of anilines is 1. The minimum atomic E-state index is 0.158. The molecule has 8 heteroatoms. The highest BCUT2D eigenvalue weighted by Crippen LogP contribution is 2.15. The second-order valence-electron chi connectivity index (χ2n) is 7.99. The highest BCUT2D eigenvalue weighted by Gasteiger charge is 2.22. The van der Waals surface area contributed by atoms with E-state index in [0.29, 0.717) is 32.6 Å². The molecule has 0 saturated carbocycles. The number of piperazine rings is 1. The van der Waals surface area contributed by atoms with Crippen molar-refractivity contribution in [1.82, 2.24) is 19.6 Å². The molecule has 8 nitrogen and oxygen atoms in total. The van der Waals surface area contributed by atoms with Gasteiger partial charge in [0.1, 0.15) is 17.6 Å². The Morgan fingerprint density at radius 1 is 0.933 bits per heavy atom. The molecule has 2 saturated heterocycles. The van der Waals surface area contributed by atoms with E-state index >= 15 is 0 Å². The van der Waals surface area contributed by atoms with Crippen LogP contribution in [0.2, 0.25) is 0 Å². The summed E-state index contributed by atoms with van der Waals surface area (Å²) in [6, 6.07) is 11.9. The topological polar surface area (TPSA) is 92.3 Å². The molecule has 2 fully saturated rings. The lowest BCUT2D eigenvalue weighted by Gasteiger charge is -2.35. The van der Waals surface area contributed by atoms with E-state index in [-0.39, 0.29) is 11.4 Å². The molecule has 2 aliphatic rings. The number of benzene rings is 1. The number of carbonyl (C=O) groups excluding carboxylic acids is 1. The van der Waals surface area contributed by atoms with E-state index in [1.165, 1.54) is 36.2 Å². The number of hydrogen-bond acceptors (Lipinski definition) is 6. The molecule has 2 aromatic rings. The van der Waals surface area contributed by atoms with Gasteiger partial charge in [0.05, 0.1) is 6.42 Å². The highest BCUT2D eigenvalue weighted by atomic mass is 16.2. The monoisotopic (exact) mass is 407 g/mol. The van der Waals surface area contributed by atoms with Gasteiger partial charge in [-0.15, -0.1) is 5.10 Å². The zero-order chi connectivity index (χ0) is 20.9. The number of aromatic nitrogens is 2. The normalized spacial score (nSPS) is 17.3. The predicted molar refractivity (Wildman–Crippen MR) is 116 cm³/mol. The molecule has 1 aromatic carbocycles. The van der Waals surface area contributed by atoms with Gasteiger partial charge >= 0.3 is 0 Å². The highest BCUT2D eigenvalue weighted by molar-refractivity contribution is 5.79. The second kappa shape index (κ2) is 9.21. The molecule has 0 unspecified atom stereocenters. The Labute approximate surface area is 176 Å². The quantitative estimate of drug-likeness (QED) is 0.558. The summed E-state index contributed by atoms with van der Waals surface area (Å²) in [5, 5.41) is 19.4. The Morgan fingerprint density at radius 3 is 2.27 bits per heavy atom. The van der Waals surface area contributed by atoms with Crippen LogP contribution >= 0.6 is 0 Å². The lowest BCUT2D eigenvalue weighted by atomic mass is 10.1. The van der Waals surface area contributed by atoms with Gasteiger partial charge in [-0.2, -0.15) is 0 Å². The van der Waals surface area contributed by atoms with E-state index < -0.39 is 0 Å². The number of carbonyl (C=O) groups is 1. The molecule has 0 atom stereocenters. The van der Waals surface area contributed by atoms with Gasteiger partial charge in [-0.25, -0.2) is 4.68 Å². The van der Waals surface area contributed by atoms with Crippen LogP contribution < -0.4 is 10.4 Å². The molecule has 0 spiro atoms. The van der Waals surface area contributed by atoms with Crippen molar-refractivity contribution in [3.05, 3.63) is 53.0 Å². The molecule has 158 valence electrons. The zero-order valence-corrected chi connectivity index (χ0v) is 17.3. The summed E-state index contributed by atoms with van der Waals surface area (Å²) in [5.41, 5.74) is 2.55. The largest absolute Gasteiger partial charge is 0.352 e. The molecule has 2 aliphatic heterocycles. The molecule has 1 amide bonds. The van der Waals surface area contributed by atoms with Crippen molar-refractivity contribution in [2.75, 3.05) is 44.2 Å². The van der Waals surface area contributed by atoms with Crippen molar-refractivity contribution in [2.24, 2.45) is 0 Å². The fourth-order valence-corrected chi connectivity index (χ4v) is 4.13. The van der Waals surface area contributed by atoms with Crippen LogP contribution in [0.3, 0.4) is 0 Å². The number of amides is 1. The SMILES string of the molecule is N=Cn1nc(N2CCN(C(=O)Cc3ccc(CN4CCCC4)cc3)CC2)ccc1=N. The minimum absolute atomic E-state index is 0.158. The summed E-state index contributed by atoms with van der Waals surface area (Å²) in [4.78, 5) is 19.2. The van der Waals surface area contributed by atoms with Crippen LogP contribution in [0.25, 0.3) is 0 Å². The lowest BCUT2D eigenvalue weighted by molar-refractivity contribution is -0.130. The van der Waals surface area contributed by atoms with Crippen molar-refractivity contribution >= 4 is 18.1 Å². The van der Waals surface area contributed by atoms with Gasteiger partial charge in [-0.1, -0.05) is 24.3 Å². The standard InChI is InChI=1S/C22H29N7O/c23-17-29-20(24)7-8-21(25-29)27-11-13-28(14-12-27)22(30)15-18-3-5-19(6-4-18)16-26-9-1-2-10-26/h3-8,17,23-24H,1-2,9-16H2. The lowest BCUT2D eigenvalue weighted by Crippen LogP contribution is -2.49. The molecule has 0 bridgehead atoms. The van der Waals surface area contributed by atoms with Crippen molar-refractivity contribution < 1.29 is 4.79 Å². The molecule has 3 heterocycles. The van der Waals surface area contributed by atoms with Crippen LogP contribution in [0, 0.1) is 10.8 Å². The Hall–Kier alpha value is -3.00. The summed E-state index contributed by atoms with van der Waals surface area (Å²) in [7, 11) is 0. The fourth-order valence-electron chi connectivity index (χ4n) is 4.13. The Balaban J connectivity index is 1.29. The van der Waals surface area contributed by atoms with Gasteiger partial charge in [0, 0.05) is 32.7 Å². The molecule has 30 heavy (non-hydrogen) atoms. The molecule has 4 rings (SSSR count). The first-order valence-corrected chi connectivity index (χ1v) is 10.6. The Morgan fingerprint density at radius 2 is 1.60 bits per heavy atom. The van der Waals surface area contributed by atoms with Crippen molar-refractivity contribution in [2.45, 2.75) is 25.8 Å². The van der Waals surface area contributed by atoms with E-state index in [2.05, 4.69) is 39.2 Å². The maximum atomic E-state index is 12.7. The van der Waals surface area contributed by atoms with Crippen LogP contribution in [-0.4, -0.2) is 71.1 Å². The summed E-state index contributed by atoms with van der Waals surface area (Å²) in [6.45, 7) is 6.09. The number of likely N-dealkylation sites (tertiary alicyclic amines) is 1. The molecule has 1 aromatic heterocycles. The number of rotatable bonds is 6. The van der Waals surface area contributed by atoms with Gasteiger partial charge in [0.15, 0.2) is 0 Å². The fraction of sp³-hybridized carbons (Fsp3) is 0.455. The number of nitrogens with one attached hydrogen (secondary N) is 2. The van der Waals surface area contributed by atoms with Gasteiger partial charge in [-0.3, -0.25) is 20.5 Å². The van der Waals surface area contributed by atoms with Crippen LogP contribution in [0.1, 0.15) is 24.0 Å². The molecular formula is C22H29N7O. The first-order chi connectivity index (χ1) is 14.6. The first-order valence-electron chi connectivity index (χ1n) is 10.6. The maximum Gasteiger partial charge on any atom is 0.227 e. The van der Waals surface area contributed by atoms with Crippen molar-refractivity contribution in [1.29, 1.82) is 10.8 Å². The summed E-state index contributed by atoms with van der Waals surface area (Å²) >= 11 is 0. The second-order valence-corrected chi connectivity index (χ2v) is 7.99. The van der Waals surface area contributed by atoms with Gasteiger partial charge in [0.2, 0.25) is 5.91 Å². The Kier molecular flexibility index (Phi) is 6.23. The summed E-state index contributed by atoms with van der Waals surface area (Å²) < 4.78 is 1.24. The van der Waals surface area contributed by atoms with Crippen molar-refractivity contribution in [3.63, 3.8) is 0 Å². The van der Waals surface area contributed by atoms with Crippen LogP contribution in [-0.2, 0) is 17.8 Å². The smallest absolute Gasteiger partial charge is 0.227 e. The van der Waals surface area contributed by atoms with E-state index in [0.717, 1.165) is 24.3 Å². The third kappa shape index (κ3) is 4.76. The van der Waals surface area contributed by atoms with Gasteiger partial charge < -0.3 is 9.80 Å². The molecular weight excluding hydrogens is 378 g/mol. The van der Waals surface area contributed by atoms with Gasteiger partial charge in [-0.05, 0) is 49.2 Å². The van der Waals surface area contributed by atoms with E-state index in [1.54, 1.807) is 12.1 Å². The predicted octanol–water partition coefficient (Wildman–Crippen LogP) is 1.30. The third-order valence-electron chi connectivity index (χ3n) is 5.91. The maximum absolute atomic E-state index is 12.7.